The summed E-state index contributed by atoms with van der Waals surface area (Å²) < 4.78 is 5.33. The molecule has 0 aliphatic heterocycles. The van der Waals surface area contributed by atoms with E-state index in [1.807, 2.05) is 54.3 Å². The van der Waals surface area contributed by atoms with Crippen molar-refractivity contribution in [2.24, 2.45) is 0 Å². The fourth-order valence-corrected chi connectivity index (χ4v) is 4.37. The van der Waals surface area contributed by atoms with E-state index in [0.29, 0.717) is 18.7 Å². The molecule has 0 atom stereocenters. The van der Waals surface area contributed by atoms with Crippen molar-refractivity contribution < 1.29 is 14.3 Å². The van der Waals surface area contributed by atoms with Gasteiger partial charge in [-0.05, 0) is 61.7 Å². The molecular formula is C28H40N2O3S. The summed E-state index contributed by atoms with van der Waals surface area (Å²) in [6, 6.07) is 15.6. The molecule has 0 fully saturated rings. The largest absolute Gasteiger partial charge is 0.427 e. The highest BCUT2D eigenvalue weighted by molar-refractivity contribution is 7.99. The molecule has 0 saturated heterocycles. The van der Waals surface area contributed by atoms with E-state index in [4.69, 9.17) is 4.74 Å². The number of carbonyl (C=O) groups excluding carboxylic acids is 2. The Kier molecular flexibility index (Phi) is 13.2. The standard InChI is InChI=1S/C28H40N2O3S/c1-4-7-9-10-11-20-29-28(32)30(21-8-5-2)23-14-12-15-26(22-23)34-25-18-16-24(17-19-25)33-27(31)13-6-3/h12,14-19,22H,4-11,13,20-21H2,1-3H3,(H,29,32). The Morgan fingerprint density at radius 2 is 1.59 bits per heavy atom. The van der Waals surface area contributed by atoms with Crippen LogP contribution in [0.4, 0.5) is 10.5 Å². The quantitative estimate of drug-likeness (QED) is 0.159. The lowest BCUT2D eigenvalue weighted by Crippen LogP contribution is -2.41. The van der Waals surface area contributed by atoms with E-state index in [2.05, 4.69) is 25.2 Å². The lowest BCUT2D eigenvalue weighted by molar-refractivity contribution is -0.134. The second-order valence-electron chi connectivity index (χ2n) is 8.45. The van der Waals surface area contributed by atoms with Crippen LogP contribution in [0, 0.1) is 0 Å². The SMILES string of the molecule is CCCCCCCNC(=O)N(CCCC)c1cccc(Sc2ccc(OC(=O)CCC)cc2)c1. The molecule has 0 bridgehead atoms. The first kappa shape index (κ1) is 27.8. The first-order chi connectivity index (χ1) is 16.6. The van der Waals surface area contributed by atoms with Gasteiger partial charge in [-0.2, -0.15) is 0 Å². The first-order valence-corrected chi connectivity index (χ1v) is 13.5. The van der Waals surface area contributed by atoms with Crippen LogP contribution in [-0.4, -0.2) is 25.1 Å². The molecule has 0 spiro atoms. The Hall–Kier alpha value is -2.47. The zero-order valence-electron chi connectivity index (χ0n) is 21.0. The van der Waals surface area contributed by atoms with Crippen LogP contribution in [-0.2, 0) is 4.79 Å². The highest BCUT2D eigenvalue weighted by Gasteiger charge is 2.15. The van der Waals surface area contributed by atoms with Crippen LogP contribution in [0.15, 0.2) is 58.3 Å². The van der Waals surface area contributed by atoms with E-state index in [-0.39, 0.29) is 12.0 Å². The van der Waals surface area contributed by atoms with E-state index in [9.17, 15) is 9.59 Å². The molecule has 34 heavy (non-hydrogen) atoms. The van der Waals surface area contributed by atoms with Gasteiger partial charge in [0.15, 0.2) is 0 Å². The Labute approximate surface area is 209 Å². The third-order valence-electron chi connectivity index (χ3n) is 5.41. The molecule has 1 N–H and O–H groups in total. The Bertz CT molecular complexity index is 870. The number of nitrogens with one attached hydrogen (secondary N) is 1. The maximum Gasteiger partial charge on any atom is 0.321 e. The van der Waals surface area contributed by atoms with Gasteiger partial charge < -0.3 is 10.1 Å². The van der Waals surface area contributed by atoms with Crippen LogP contribution in [0.25, 0.3) is 0 Å². The summed E-state index contributed by atoms with van der Waals surface area (Å²) in [6.07, 6.45) is 9.07. The number of hydrogen-bond acceptors (Lipinski definition) is 4. The van der Waals surface area contributed by atoms with Crippen LogP contribution in [0.3, 0.4) is 0 Å². The van der Waals surface area contributed by atoms with Crippen LogP contribution in [0.1, 0.15) is 78.6 Å². The topological polar surface area (TPSA) is 58.6 Å². The second-order valence-corrected chi connectivity index (χ2v) is 9.59. The summed E-state index contributed by atoms with van der Waals surface area (Å²) in [6.45, 7) is 7.72. The van der Waals surface area contributed by atoms with Crippen molar-refractivity contribution in [3.05, 3.63) is 48.5 Å². The number of unbranched alkanes of at least 4 members (excludes halogenated alkanes) is 5. The van der Waals surface area contributed by atoms with Crippen molar-refractivity contribution in [3.8, 4) is 5.75 Å². The minimum atomic E-state index is -0.206. The summed E-state index contributed by atoms with van der Waals surface area (Å²) in [5, 5.41) is 3.11. The monoisotopic (exact) mass is 484 g/mol. The molecule has 0 radical (unpaired) electrons. The molecule has 2 rings (SSSR count). The lowest BCUT2D eigenvalue weighted by atomic mass is 10.1. The molecule has 6 heteroatoms. The van der Waals surface area contributed by atoms with E-state index >= 15 is 0 Å². The second kappa shape index (κ2) is 16.2. The van der Waals surface area contributed by atoms with Crippen LogP contribution in [0.5, 0.6) is 5.75 Å². The number of esters is 1. The molecule has 2 aromatic carbocycles. The van der Waals surface area contributed by atoms with E-state index in [1.165, 1.54) is 19.3 Å². The third-order valence-corrected chi connectivity index (χ3v) is 6.41. The smallest absolute Gasteiger partial charge is 0.321 e. The Balaban J connectivity index is 2.00. The molecule has 0 aliphatic carbocycles. The molecule has 186 valence electrons. The normalized spacial score (nSPS) is 10.7. The van der Waals surface area contributed by atoms with Crippen molar-refractivity contribution in [1.82, 2.24) is 5.32 Å². The fourth-order valence-electron chi connectivity index (χ4n) is 3.50. The molecule has 5 nitrogen and oxygen atoms in total. The summed E-state index contributed by atoms with van der Waals surface area (Å²) in [7, 11) is 0. The summed E-state index contributed by atoms with van der Waals surface area (Å²) in [4.78, 5) is 28.6. The van der Waals surface area contributed by atoms with Crippen LogP contribution in [0.2, 0.25) is 0 Å². The number of carbonyl (C=O) groups is 2. The number of nitrogens with zero attached hydrogens (tertiary/aromatic N) is 1. The molecule has 0 aliphatic rings. The van der Waals surface area contributed by atoms with Crippen molar-refractivity contribution >= 4 is 29.4 Å². The van der Waals surface area contributed by atoms with Gasteiger partial charge in [-0.15, -0.1) is 0 Å². The van der Waals surface area contributed by atoms with Crippen molar-refractivity contribution in [2.75, 3.05) is 18.0 Å². The number of benzene rings is 2. The average Bonchev–Trinajstić information content (AvgIpc) is 2.83. The Morgan fingerprint density at radius 3 is 2.29 bits per heavy atom. The van der Waals surface area contributed by atoms with Gasteiger partial charge in [0.2, 0.25) is 0 Å². The molecule has 0 saturated carbocycles. The van der Waals surface area contributed by atoms with E-state index in [0.717, 1.165) is 54.1 Å². The molecule has 0 aromatic heterocycles. The number of ether oxygens (including phenoxy) is 1. The molecular weight excluding hydrogens is 444 g/mol. The van der Waals surface area contributed by atoms with Crippen molar-refractivity contribution in [1.29, 1.82) is 0 Å². The fraction of sp³-hybridized carbons (Fsp3) is 0.500. The maximum absolute atomic E-state index is 12.9. The number of hydrogen-bond donors (Lipinski definition) is 1. The summed E-state index contributed by atoms with van der Waals surface area (Å²) in [5.41, 5.74) is 0.909. The zero-order valence-corrected chi connectivity index (χ0v) is 21.8. The first-order valence-electron chi connectivity index (χ1n) is 12.7. The van der Waals surface area contributed by atoms with Crippen LogP contribution < -0.4 is 15.0 Å². The maximum atomic E-state index is 12.9. The van der Waals surface area contributed by atoms with Gasteiger partial charge in [0, 0.05) is 35.0 Å². The van der Waals surface area contributed by atoms with Gasteiger partial charge in [0.1, 0.15) is 5.75 Å². The molecule has 0 heterocycles. The van der Waals surface area contributed by atoms with Gasteiger partial charge in [-0.1, -0.05) is 70.7 Å². The average molecular weight is 485 g/mol. The minimum absolute atomic E-state index is 0.0238. The van der Waals surface area contributed by atoms with Gasteiger partial charge in [0.25, 0.3) is 0 Å². The zero-order chi connectivity index (χ0) is 24.6. The number of amides is 2. The van der Waals surface area contributed by atoms with Crippen LogP contribution >= 0.6 is 11.8 Å². The van der Waals surface area contributed by atoms with Crippen molar-refractivity contribution in [3.63, 3.8) is 0 Å². The molecule has 2 amide bonds. The summed E-state index contributed by atoms with van der Waals surface area (Å²) >= 11 is 1.62. The van der Waals surface area contributed by atoms with Gasteiger partial charge >= 0.3 is 12.0 Å². The lowest BCUT2D eigenvalue weighted by Gasteiger charge is -2.23. The van der Waals surface area contributed by atoms with Crippen molar-refractivity contribution in [2.45, 2.75) is 88.3 Å². The highest BCUT2D eigenvalue weighted by Crippen LogP contribution is 2.31. The molecule has 0 unspecified atom stereocenters. The van der Waals surface area contributed by atoms with Gasteiger partial charge in [-0.25, -0.2) is 4.79 Å². The highest BCUT2D eigenvalue weighted by atomic mass is 32.2. The number of urea groups is 1. The predicted octanol–water partition coefficient (Wildman–Crippen LogP) is 7.83. The van der Waals surface area contributed by atoms with E-state index in [1.54, 1.807) is 11.8 Å². The van der Waals surface area contributed by atoms with Gasteiger partial charge in [0.05, 0.1) is 0 Å². The molecule has 2 aromatic rings. The Morgan fingerprint density at radius 1 is 0.853 bits per heavy atom. The number of rotatable bonds is 15. The van der Waals surface area contributed by atoms with Gasteiger partial charge in [-0.3, -0.25) is 9.69 Å². The van der Waals surface area contributed by atoms with E-state index < -0.39 is 0 Å². The number of anilines is 1. The summed E-state index contributed by atoms with van der Waals surface area (Å²) in [5.74, 6) is 0.357. The minimum Gasteiger partial charge on any atom is -0.427 e. The predicted molar refractivity (Wildman–Crippen MR) is 142 cm³/mol. The third kappa shape index (κ3) is 10.2.